The minimum atomic E-state index is -4.56. The zero-order chi connectivity index (χ0) is 22.3. The number of nitrogens with one attached hydrogen (secondary N) is 1. The molecular weight excluding hydrogens is 462 g/mol. The fraction of sp³-hybridized carbons (Fsp3) is 0.381. The van der Waals surface area contributed by atoms with Crippen LogP contribution < -0.4 is 10.1 Å². The van der Waals surface area contributed by atoms with Crippen LogP contribution in [0.2, 0.25) is 15.1 Å². The highest BCUT2D eigenvalue weighted by atomic mass is 35.5. The summed E-state index contributed by atoms with van der Waals surface area (Å²) in [7, 11) is 0. The molecule has 0 saturated heterocycles. The first-order valence-corrected chi connectivity index (χ1v) is 10.6. The van der Waals surface area contributed by atoms with E-state index in [9.17, 15) is 18.0 Å². The summed E-state index contributed by atoms with van der Waals surface area (Å²) in [4.78, 5) is 12.5. The highest BCUT2D eigenvalue weighted by Crippen LogP contribution is 2.36. The molecule has 0 aliphatic carbocycles. The predicted octanol–water partition coefficient (Wildman–Crippen LogP) is 8.27. The maximum atomic E-state index is 12.9. The molecule has 0 unspecified atom stereocenters. The van der Waals surface area contributed by atoms with Crippen molar-refractivity contribution in [3.63, 3.8) is 0 Å². The minimum Gasteiger partial charge on any atom is -0.490 e. The molecule has 2 aromatic rings. The predicted molar refractivity (Wildman–Crippen MR) is 115 cm³/mol. The molecule has 3 nitrogen and oxygen atoms in total. The van der Waals surface area contributed by atoms with Crippen molar-refractivity contribution in [2.75, 3.05) is 11.9 Å². The van der Waals surface area contributed by atoms with E-state index in [0.29, 0.717) is 6.61 Å². The summed E-state index contributed by atoms with van der Waals surface area (Å²) >= 11 is 18.3. The van der Waals surface area contributed by atoms with Gasteiger partial charge in [-0.15, -0.1) is 0 Å². The van der Waals surface area contributed by atoms with E-state index < -0.39 is 17.6 Å². The third-order valence-electron chi connectivity index (χ3n) is 4.30. The summed E-state index contributed by atoms with van der Waals surface area (Å²) in [6, 6.07) is 5.35. The Labute approximate surface area is 188 Å². The summed E-state index contributed by atoms with van der Waals surface area (Å²) in [6.07, 6.45) is 0.754. The van der Waals surface area contributed by atoms with Gasteiger partial charge in [0.05, 0.1) is 32.9 Å². The zero-order valence-electron chi connectivity index (χ0n) is 16.2. The molecule has 0 fully saturated rings. The first kappa shape index (κ1) is 24.6. The first-order valence-electron chi connectivity index (χ1n) is 9.43. The summed E-state index contributed by atoms with van der Waals surface area (Å²) in [5, 5.41) is 2.60. The van der Waals surface area contributed by atoms with Crippen molar-refractivity contribution in [1.82, 2.24) is 0 Å². The van der Waals surface area contributed by atoms with Gasteiger partial charge >= 0.3 is 6.18 Å². The third-order valence-corrected chi connectivity index (χ3v) is 5.19. The highest BCUT2D eigenvalue weighted by Gasteiger charge is 2.31. The van der Waals surface area contributed by atoms with Crippen LogP contribution in [0.3, 0.4) is 0 Å². The third kappa shape index (κ3) is 6.96. The molecule has 2 aromatic carbocycles. The van der Waals surface area contributed by atoms with Gasteiger partial charge in [-0.1, -0.05) is 67.4 Å². The number of carbonyl (C=O) groups excluding carboxylic acids is 1. The Kier molecular flexibility index (Phi) is 9.13. The van der Waals surface area contributed by atoms with Crippen LogP contribution in [-0.4, -0.2) is 12.5 Å². The lowest BCUT2D eigenvalue weighted by Crippen LogP contribution is -2.14. The van der Waals surface area contributed by atoms with Crippen LogP contribution in [0.1, 0.15) is 54.9 Å². The van der Waals surface area contributed by atoms with E-state index in [0.717, 1.165) is 43.9 Å². The molecule has 0 aromatic heterocycles. The Balaban J connectivity index is 2.09. The molecule has 9 heteroatoms. The van der Waals surface area contributed by atoms with E-state index >= 15 is 0 Å². The van der Waals surface area contributed by atoms with E-state index in [1.54, 1.807) is 0 Å². The largest absolute Gasteiger partial charge is 0.490 e. The van der Waals surface area contributed by atoms with Crippen LogP contribution in [0.15, 0.2) is 30.3 Å². The van der Waals surface area contributed by atoms with E-state index in [4.69, 9.17) is 39.5 Å². The van der Waals surface area contributed by atoms with E-state index in [2.05, 4.69) is 12.2 Å². The number of hydrogen-bond acceptors (Lipinski definition) is 2. The van der Waals surface area contributed by atoms with Gasteiger partial charge in [0.1, 0.15) is 0 Å². The number of halogens is 6. The molecule has 0 spiro atoms. The van der Waals surface area contributed by atoms with Crippen molar-refractivity contribution in [3.05, 3.63) is 56.5 Å². The molecule has 0 atom stereocenters. The Morgan fingerprint density at radius 2 is 1.60 bits per heavy atom. The Morgan fingerprint density at radius 1 is 0.967 bits per heavy atom. The molecule has 0 aliphatic heterocycles. The number of unbranched alkanes of at least 4 members (excludes halogenated alkanes) is 4. The van der Waals surface area contributed by atoms with Gasteiger partial charge in [0.2, 0.25) is 0 Å². The minimum absolute atomic E-state index is 0.0310. The van der Waals surface area contributed by atoms with Gasteiger partial charge in [-0.2, -0.15) is 13.2 Å². The van der Waals surface area contributed by atoms with Crippen molar-refractivity contribution < 1.29 is 22.7 Å². The number of amides is 1. The van der Waals surface area contributed by atoms with E-state index in [1.165, 1.54) is 18.6 Å². The average Bonchev–Trinajstić information content (AvgIpc) is 2.66. The Morgan fingerprint density at radius 3 is 2.20 bits per heavy atom. The number of carbonyl (C=O) groups is 1. The van der Waals surface area contributed by atoms with Crippen LogP contribution in [0, 0.1) is 0 Å². The Hall–Kier alpha value is -1.63. The van der Waals surface area contributed by atoms with E-state index in [1.807, 2.05) is 0 Å². The quantitative estimate of drug-likeness (QED) is 0.365. The maximum absolute atomic E-state index is 12.9. The van der Waals surface area contributed by atoms with Crippen LogP contribution in [0.5, 0.6) is 5.75 Å². The molecule has 1 N–H and O–H groups in total. The van der Waals surface area contributed by atoms with Gasteiger partial charge < -0.3 is 10.1 Å². The van der Waals surface area contributed by atoms with Crippen LogP contribution in [0.25, 0.3) is 0 Å². The van der Waals surface area contributed by atoms with E-state index in [-0.39, 0.29) is 32.1 Å². The SMILES string of the molecule is CCCCCCCOc1c(Cl)cc(C(=O)Nc2cc(C(F)(F)F)ccc2Cl)cc1Cl. The number of benzene rings is 2. The van der Waals surface area contributed by atoms with Crippen molar-refractivity contribution in [2.45, 2.75) is 45.2 Å². The maximum Gasteiger partial charge on any atom is 0.416 e. The second kappa shape index (κ2) is 11.1. The van der Waals surface area contributed by atoms with Crippen LogP contribution in [-0.2, 0) is 6.18 Å². The van der Waals surface area contributed by atoms with Crippen molar-refractivity contribution in [2.24, 2.45) is 0 Å². The lowest BCUT2D eigenvalue weighted by atomic mass is 10.1. The van der Waals surface area contributed by atoms with Crippen LogP contribution in [0.4, 0.5) is 18.9 Å². The van der Waals surface area contributed by atoms with Crippen molar-refractivity contribution in [3.8, 4) is 5.75 Å². The number of alkyl halides is 3. The monoisotopic (exact) mass is 481 g/mol. The second-order valence-corrected chi connectivity index (χ2v) is 7.90. The van der Waals surface area contributed by atoms with Gasteiger partial charge in [-0.25, -0.2) is 0 Å². The molecule has 2 rings (SSSR count). The number of hydrogen-bond donors (Lipinski definition) is 1. The number of ether oxygens (including phenoxy) is 1. The average molecular weight is 483 g/mol. The summed E-state index contributed by atoms with van der Waals surface area (Å²) < 4.78 is 44.3. The number of anilines is 1. The molecule has 0 heterocycles. The molecule has 30 heavy (non-hydrogen) atoms. The smallest absolute Gasteiger partial charge is 0.416 e. The lowest BCUT2D eigenvalue weighted by molar-refractivity contribution is -0.137. The molecule has 0 saturated carbocycles. The van der Waals surface area contributed by atoms with Gasteiger partial charge in [0.15, 0.2) is 5.75 Å². The number of rotatable bonds is 9. The van der Waals surface area contributed by atoms with Gasteiger partial charge in [-0.05, 0) is 36.8 Å². The summed E-state index contributed by atoms with van der Waals surface area (Å²) in [5.74, 6) is -0.436. The summed E-state index contributed by atoms with van der Waals surface area (Å²) in [5.41, 5.74) is -1.04. The highest BCUT2D eigenvalue weighted by molar-refractivity contribution is 6.38. The molecular formula is C21H21Cl3F3NO2. The van der Waals surface area contributed by atoms with Crippen molar-refractivity contribution in [1.29, 1.82) is 0 Å². The van der Waals surface area contributed by atoms with Crippen LogP contribution >= 0.6 is 34.8 Å². The fourth-order valence-corrected chi connectivity index (χ4v) is 3.46. The van der Waals surface area contributed by atoms with Crippen molar-refractivity contribution >= 4 is 46.4 Å². The van der Waals surface area contributed by atoms with Gasteiger partial charge in [0, 0.05) is 5.56 Å². The molecule has 0 aliphatic rings. The fourth-order valence-electron chi connectivity index (χ4n) is 2.70. The zero-order valence-corrected chi connectivity index (χ0v) is 18.5. The first-order chi connectivity index (χ1) is 14.1. The molecule has 1 amide bonds. The Bertz CT molecular complexity index is 865. The van der Waals surface area contributed by atoms with Gasteiger partial charge in [-0.3, -0.25) is 4.79 Å². The summed E-state index contributed by atoms with van der Waals surface area (Å²) in [6.45, 7) is 2.57. The lowest BCUT2D eigenvalue weighted by Gasteiger charge is -2.14. The molecule has 164 valence electrons. The van der Waals surface area contributed by atoms with Gasteiger partial charge in [0.25, 0.3) is 5.91 Å². The normalized spacial score (nSPS) is 11.4. The standard InChI is InChI=1S/C21H21Cl3F3NO2/c1-2-3-4-5-6-9-30-19-16(23)10-13(11-17(19)24)20(29)28-18-12-14(21(25,26)27)7-8-15(18)22/h7-8,10-12H,2-6,9H2,1H3,(H,28,29). The molecule has 0 bridgehead atoms. The topological polar surface area (TPSA) is 38.3 Å². The molecule has 0 radical (unpaired) electrons. The second-order valence-electron chi connectivity index (χ2n) is 6.68.